The first-order valence-electron chi connectivity index (χ1n) is 5.70. The Morgan fingerprint density at radius 2 is 2.05 bits per heavy atom. The fourth-order valence-electron chi connectivity index (χ4n) is 1.55. The smallest absolute Gasteiger partial charge is 0.233 e. The van der Waals surface area contributed by atoms with Crippen molar-refractivity contribution in [2.24, 2.45) is 0 Å². The molecule has 2 aromatic rings. The molecule has 0 unspecified atom stereocenters. The van der Waals surface area contributed by atoms with Gasteiger partial charge in [-0.05, 0) is 27.9 Å². The van der Waals surface area contributed by atoms with Gasteiger partial charge in [0.1, 0.15) is 10.3 Å². The molecule has 7 heteroatoms. The van der Waals surface area contributed by atoms with Crippen molar-refractivity contribution in [3.8, 4) is 17.4 Å². The first-order valence-corrected chi connectivity index (χ1v) is 6.91. The van der Waals surface area contributed by atoms with Crippen molar-refractivity contribution in [1.82, 2.24) is 20.2 Å². The van der Waals surface area contributed by atoms with E-state index >= 15 is 0 Å². The SMILES string of the molecule is COc1ccc(-c2nc(=S)c(Br)c(C(C)C)[nH]2)nn1. The van der Waals surface area contributed by atoms with Gasteiger partial charge in [0.25, 0.3) is 0 Å². The number of rotatable bonds is 3. The molecule has 0 spiro atoms. The Morgan fingerprint density at radius 3 is 2.58 bits per heavy atom. The molecule has 5 nitrogen and oxygen atoms in total. The van der Waals surface area contributed by atoms with Gasteiger partial charge in [-0.2, -0.15) is 0 Å². The number of aromatic amines is 1. The van der Waals surface area contributed by atoms with E-state index in [2.05, 4.69) is 49.9 Å². The third-order valence-electron chi connectivity index (χ3n) is 2.56. The van der Waals surface area contributed by atoms with Gasteiger partial charge in [-0.25, -0.2) is 4.98 Å². The molecule has 2 aromatic heterocycles. The van der Waals surface area contributed by atoms with E-state index < -0.39 is 0 Å². The van der Waals surface area contributed by atoms with Crippen molar-refractivity contribution in [3.63, 3.8) is 0 Å². The third kappa shape index (κ3) is 2.98. The van der Waals surface area contributed by atoms with Crippen molar-refractivity contribution < 1.29 is 4.74 Å². The average Bonchev–Trinajstić information content (AvgIpc) is 2.41. The zero-order valence-corrected chi connectivity index (χ0v) is 13.2. The second kappa shape index (κ2) is 5.75. The Labute approximate surface area is 124 Å². The number of nitrogens with zero attached hydrogens (tertiary/aromatic N) is 3. The predicted molar refractivity (Wildman–Crippen MR) is 78.8 cm³/mol. The molecular formula is C12H13BrN4OS. The number of nitrogens with one attached hydrogen (secondary N) is 1. The largest absolute Gasteiger partial charge is 0.480 e. The molecule has 0 saturated heterocycles. The van der Waals surface area contributed by atoms with Crippen LogP contribution < -0.4 is 4.74 Å². The molecule has 100 valence electrons. The van der Waals surface area contributed by atoms with Crippen molar-refractivity contribution in [1.29, 1.82) is 0 Å². The molecule has 0 amide bonds. The molecular weight excluding hydrogens is 328 g/mol. The minimum absolute atomic E-state index is 0.295. The standard InChI is InChI=1S/C12H13BrN4OS/c1-6(2)10-9(13)12(19)15-11(14-10)7-4-5-8(18-3)17-16-7/h4-6H,1-3H3,(H,14,15,19). The highest BCUT2D eigenvalue weighted by atomic mass is 79.9. The highest BCUT2D eigenvalue weighted by Gasteiger charge is 2.12. The van der Waals surface area contributed by atoms with Crippen LogP contribution in [0, 0.1) is 4.64 Å². The molecule has 0 aliphatic carbocycles. The summed E-state index contributed by atoms with van der Waals surface area (Å²) in [4.78, 5) is 7.55. The summed E-state index contributed by atoms with van der Waals surface area (Å²) in [6.45, 7) is 4.16. The molecule has 19 heavy (non-hydrogen) atoms. The summed E-state index contributed by atoms with van der Waals surface area (Å²) in [7, 11) is 1.55. The van der Waals surface area contributed by atoms with Crippen LogP contribution in [0.4, 0.5) is 0 Å². The first-order chi connectivity index (χ1) is 9.02. The highest BCUT2D eigenvalue weighted by molar-refractivity contribution is 9.10. The van der Waals surface area contributed by atoms with E-state index in [0.29, 0.717) is 28.0 Å². The third-order valence-corrected chi connectivity index (χ3v) is 3.92. The number of hydrogen-bond donors (Lipinski definition) is 1. The van der Waals surface area contributed by atoms with Crippen molar-refractivity contribution in [2.75, 3.05) is 7.11 Å². The second-order valence-corrected chi connectivity index (χ2v) is 5.41. The van der Waals surface area contributed by atoms with E-state index in [1.165, 1.54) is 0 Å². The van der Waals surface area contributed by atoms with Gasteiger partial charge in [0.05, 0.1) is 11.6 Å². The maximum Gasteiger partial charge on any atom is 0.233 e. The van der Waals surface area contributed by atoms with Gasteiger partial charge in [0.15, 0.2) is 5.82 Å². The highest BCUT2D eigenvalue weighted by Crippen LogP contribution is 2.25. The molecule has 0 bridgehead atoms. The van der Waals surface area contributed by atoms with Crippen molar-refractivity contribution in [2.45, 2.75) is 19.8 Å². The van der Waals surface area contributed by atoms with Gasteiger partial charge in [-0.3, -0.25) is 0 Å². The molecule has 0 aliphatic heterocycles. The molecule has 0 saturated carbocycles. The van der Waals surface area contributed by atoms with E-state index in [0.717, 1.165) is 10.2 Å². The maximum absolute atomic E-state index is 5.25. The topological polar surface area (TPSA) is 63.7 Å². The lowest BCUT2D eigenvalue weighted by Crippen LogP contribution is -2.02. The van der Waals surface area contributed by atoms with Crippen LogP contribution in [0.5, 0.6) is 5.88 Å². The van der Waals surface area contributed by atoms with Gasteiger partial charge in [0, 0.05) is 11.8 Å². The minimum Gasteiger partial charge on any atom is -0.480 e. The van der Waals surface area contributed by atoms with Crippen LogP contribution in [-0.2, 0) is 0 Å². The monoisotopic (exact) mass is 340 g/mol. The Morgan fingerprint density at radius 1 is 1.32 bits per heavy atom. The summed E-state index contributed by atoms with van der Waals surface area (Å²) >= 11 is 8.70. The Hall–Kier alpha value is -1.34. The summed E-state index contributed by atoms with van der Waals surface area (Å²) in [5, 5.41) is 7.98. The number of halogens is 1. The van der Waals surface area contributed by atoms with Crippen molar-refractivity contribution in [3.05, 3.63) is 26.9 Å². The van der Waals surface area contributed by atoms with Gasteiger partial charge in [-0.1, -0.05) is 26.1 Å². The quantitative estimate of drug-likeness (QED) is 0.866. The molecule has 1 N–H and O–H groups in total. The van der Waals surface area contributed by atoms with E-state index in [4.69, 9.17) is 17.0 Å². The van der Waals surface area contributed by atoms with Crippen molar-refractivity contribution >= 4 is 28.1 Å². The van der Waals surface area contributed by atoms with E-state index in [1.807, 2.05) is 0 Å². The summed E-state index contributed by atoms with van der Waals surface area (Å²) in [6.07, 6.45) is 0. The number of ether oxygens (including phenoxy) is 1. The number of methoxy groups -OCH3 is 1. The number of H-pyrrole nitrogens is 1. The summed E-state index contributed by atoms with van der Waals surface area (Å²) in [5.74, 6) is 1.36. The summed E-state index contributed by atoms with van der Waals surface area (Å²) < 4.78 is 6.31. The Bertz CT molecular complexity index is 639. The van der Waals surface area contributed by atoms with Gasteiger partial charge in [-0.15, -0.1) is 10.2 Å². The lowest BCUT2D eigenvalue weighted by molar-refractivity contribution is 0.392. The fraction of sp³-hybridized carbons (Fsp3) is 0.333. The summed E-state index contributed by atoms with van der Waals surface area (Å²) in [5.41, 5.74) is 1.62. The van der Waals surface area contributed by atoms with Crippen LogP contribution in [-0.4, -0.2) is 27.3 Å². The van der Waals surface area contributed by atoms with Crippen LogP contribution in [0.1, 0.15) is 25.5 Å². The van der Waals surface area contributed by atoms with E-state index in [1.54, 1.807) is 19.2 Å². The van der Waals surface area contributed by atoms with Gasteiger partial charge < -0.3 is 9.72 Å². The molecule has 0 radical (unpaired) electrons. The molecule has 0 fully saturated rings. The molecule has 0 aliphatic rings. The normalized spacial score (nSPS) is 10.8. The number of hydrogen-bond acceptors (Lipinski definition) is 5. The zero-order chi connectivity index (χ0) is 14.0. The Kier molecular flexibility index (Phi) is 4.26. The maximum atomic E-state index is 5.25. The molecule has 0 aromatic carbocycles. The van der Waals surface area contributed by atoms with Crippen LogP contribution in [0.3, 0.4) is 0 Å². The lowest BCUT2D eigenvalue weighted by Gasteiger charge is -2.10. The molecule has 2 heterocycles. The Balaban J connectivity index is 2.53. The van der Waals surface area contributed by atoms with E-state index in [9.17, 15) is 0 Å². The zero-order valence-electron chi connectivity index (χ0n) is 10.8. The number of aromatic nitrogens is 4. The first kappa shape index (κ1) is 14.1. The molecule has 2 rings (SSSR count). The fourth-order valence-corrected chi connectivity index (χ4v) is 2.40. The minimum atomic E-state index is 0.295. The van der Waals surface area contributed by atoms with Gasteiger partial charge in [0.2, 0.25) is 5.88 Å². The lowest BCUT2D eigenvalue weighted by atomic mass is 10.1. The average molecular weight is 341 g/mol. The van der Waals surface area contributed by atoms with Crippen LogP contribution in [0.25, 0.3) is 11.5 Å². The van der Waals surface area contributed by atoms with Gasteiger partial charge >= 0.3 is 0 Å². The van der Waals surface area contributed by atoms with Crippen LogP contribution in [0.15, 0.2) is 16.6 Å². The molecule has 0 atom stereocenters. The van der Waals surface area contributed by atoms with Crippen LogP contribution in [0.2, 0.25) is 0 Å². The second-order valence-electron chi connectivity index (χ2n) is 4.23. The summed E-state index contributed by atoms with van der Waals surface area (Å²) in [6, 6.07) is 3.52. The van der Waals surface area contributed by atoms with E-state index in [-0.39, 0.29) is 0 Å². The predicted octanol–water partition coefficient (Wildman–Crippen LogP) is 3.49. The van der Waals surface area contributed by atoms with Crippen LogP contribution >= 0.6 is 28.1 Å².